The minimum absolute atomic E-state index is 0.00232. The van der Waals surface area contributed by atoms with Gasteiger partial charge in [0.1, 0.15) is 5.75 Å². The first-order valence-corrected chi connectivity index (χ1v) is 9.43. The van der Waals surface area contributed by atoms with Gasteiger partial charge in [-0.1, -0.05) is 18.2 Å². The number of rotatable bonds is 7. The van der Waals surface area contributed by atoms with Gasteiger partial charge >= 0.3 is 6.03 Å². The van der Waals surface area contributed by atoms with Crippen LogP contribution in [-0.2, 0) is 6.54 Å². The molecule has 1 heterocycles. The second-order valence-corrected chi connectivity index (χ2v) is 6.91. The van der Waals surface area contributed by atoms with Crippen LogP contribution >= 0.6 is 11.3 Å². The van der Waals surface area contributed by atoms with Crippen LogP contribution in [0.25, 0.3) is 0 Å². The van der Waals surface area contributed by atoms with Gasteiger partial charge in [0, 0.05) is 11.6 Å². The highest BCUT2D eigenvalue weighted by Crippen LogP contribution is 2.31. The number of carbonyl (C=O) groups excluding carboxylic acids is 1. The molecule has 1 N–H and O–H groups in total. The fourth-order valence-electron chi connectivity index (χ4n) is 2.74. The van der Waals surface area contributed by atoms with E-state index in [1.807, 2.05) is 48.4 Å². The van der Waals surface area contributed by atoms with Crippen molar-refractivity contribution in [1.29, 1.82) is 0 Å². The van der Waals surface area contributed by atoms with Gasteiger partial charge in [-0.3, -0.25) is 0 Å². The molecule has 1 aliphatic carbocycles. The Balaban J connectivity index is 1.70. The Bertz CT molecular complexity index is 668. The summed E-state index contributed by atoms with van der Waals surface area (Å²) in [5.74, 6) is 0.865. The van der Waals surface area contributed by atoms with Crippen molar-refractivity contribution in [3.8, 4) is 5.75 Å². The minimum atomic E-state index is 0.00232. The van der Waals surface area contributed by atoms with Gasteiger partial charge < -0.3 is 15.0 Å². The third-order valence-electron chi connectivity index (χ3n) is 4.24. The van der Waals surface area contributed by atoms with Gasteiger partial charge in [-0.25, -0.2) is 4.79 Å². The molecule has 1 unspecified atom stereocenters. The maximum absolute atomic E-state index is 12.8. The number of para-hydroxylation sites is 1. The van der Waals surface area contributed by atoms with Crippen molar-refractivity contribution in [3.63, 3.8) is 0 Å². The molecule has 4 nitrogen and oxygen atoms in total. The van der Waals surface area contributed by atoms with E-state index >= 15 is 0 Å². The summed E-state index contributed by atoms with van der Waals surface area (Å²) in [6.45, 7) is 5.22. The number of benzene rings is 1. The molecule has 1 saturated carbocycles. The van der Waals surface area contributed by atoms with E-state index in [0.717, 1.165) is 29.7 Å². The molecule has 1 aliphatic rings. The Morgan fingerprint density at radius 1 is 1.38 bits per heavy atom. The van der Waals surface area contributed by atoms with Gasteiger partial charge in [0.2, 0.25) is 0 Å². The van der Waals surface area contributed by atoms with Crippen molar-refractivity contribution >= 4 is 17.4 Å². The molecule has 1 aromatic carbocycles. The average molecular weight is 344 g/mol. The van der Waals surface area contributed by atoms with Crippen molar-refractivity contribution in [1.82, 2.24) is 10.2 Å². The summed E-state index contributed by atoms with van der Waals surface area (Å²) in [6, 6.07) is 10.4. The van der Waals surface area contributed by atoms with E-state index < -0.39 is 0 Å². The van der Waals surface area contributed by atoms with Gasteiger partial charge in [-0.15, -0.1) is 0 Å². The zero-order valence-corrected chi connectivity index (χ0v) is 15.0. The highest BCUT2D eigenvalue weighted by atomic mass is 32.1. The van der Waals surface area contributed by atoms with Crippen LogP contribution in [0, 0.1) is 0 Å². The monoisotopic (exact) mass is 344 g/mol. The van der Waals surface area contributed by atoms with Crippen LogP contribution in [0.5, 0.6) is 5.75 Å². The lowest BCUT2D eigenvalue weighted by Crippen LogP contribution is -2.41. The number of nitrogens with one attached hydrogen (secondary N) is 1. The zero-order valence-electron chi connectivity index (χ0n) is 14.2. The van der Waals surface area contributed by atoms with Crippen molar-refractivity contribution in [3.05, 3.63) is 52.2 Å². The SMILES string of the molecule is CCOc1ccccc1CN(C(=O)NC(C)c1ccsc1)C1CC1. The molecular weight excluding hydrogens is 320 g/mol. The maximum Gasteiger partial charge on any atom is 0.318 e. The van der Waals surface area contributed by atoms with Crippen molar-refractivity contribution in [2.75, 3.05) is 6.61 Å². The molecule has 0 aliphatic heterocycles. The van der Waals surface area contributed by atoms with E-state index in [9.17, 15) is 4.79 Å². The molecule has 1 atom stereocenters. The Kier molecular flexibility index (Phi) is 5.41. The summed E-state index contributed by atoms with van der Waals surface area (Å²) in [5, 5.41) is 7.25. The summed E-state index contributed by atoms with van der Waals surface area (Å²) in [5.41, 5.74) is 2.21. The van der Waals surface area contributed by atoms with Crippen LogP contribution in [0.15, 0.2) is 41.1 Å². The fourth-order valence-corrected chi connectivity index (χ4v) is 3.49. The standard InChI is InChI=1S/C19H24N2O2S/c1-3-23-18-7-5-4-6-15(18)12-21(17-8-9-17)19(22)20-14(2)16-10-11-24-13-16/h4-7,10-11,13-14,17H,3,8-9,12H2,1-2H3,(H,20,22). The predicted molar refractivity (Wildman–Crippen MR) is 97.4 cm³/mol. The predicted octanol–water partition coefficient (Wildman–Crippen LogP) is 4.58. The molecule has 0 saturated heterocycles. The maximum atomic E-state index is 12.8. The normalized spacial score (nSPS) is 14.9. The number of nitrogens with zero attached hydrogens (tertiary/aromatic N) is 1. The van der Waals surface area contributed by atoms with E-state index in [1.165, 1.54) is 0 Å². The van der Waals surface area contributed by atoms with Gasteiger partial charge in [-0.2, -0.15) is 11.3 Å². The first-order valence-electron chi connectivity index (χ1n) is 8.49. The zero-order chi connectivity index (χ0) is 16.9. The van der Waals surface area contributed by atoms with Gasteiger partial charge in [0.05, 0.1) is 19.2 Å². The molecule has 5 heteroatoms. The lowest BCUT2D eigenvalue weighted by molar-refractivity contribution is 0.187. The number of thiophene rings is 1. The number of hydrogen-bond acceptors (Lipinski definition) is 3. The van der Waals surface area contributed by atoms with Crippen molar-refractivity contribution < 1.29 is 9.53 Å². The van der Waals surface area contributed by atoms with E-state index in [2.05, 4.69) is 16.8 Å². The quantitative estimate of drug-likeness (QED) is 0.798. The Labute approximate surface area is 147 Å². The average Bonchev–Trinajstić information content (AvgIpc) is 3.26. The van der Waals surface area contributed by atoms with E-state index in [-0.39, 0.29) is 12.1 Å². The number of ether oxygens (including phenoxy) is 1. The summed E-state index contributed by atoms with van der Waals surface area (Å²) >= 11 is 1.65. The molecule has 128 valence electrons. The molecule has 24 heavy (non-hydrogen) atoms. The highest BCUT2D eigenvalue weighted by molar-refractivity contribution is 7.07. The molecule has 0 spiro atoms. The van der Waals surface area contributed by atoms with Gasteiger partial charge in [0.15, 0.2) is 0 Å². The van der Waals surface area contributed by atoms with Gasteiger partial charge in [0.25, 0.3) is 0 Å². The second-order valence-electron chi connectivity index (χ2n) is 6.13. The lowest BCUT2D eigenvalue weighted by Gasteiger charge is -2.26. The van der Waals surface area contributed by atoms with Crippen LogP contribution < -0.4 is 10.1 Å². The van der Waals surface area contributed by atoms with Gasteiger partial charge in [-0.05, 0) is 55.1 Å². The summed E-state index contributed by atoms with van der Waals surface area (Å²) in [6.07, 6.45) is 2.16. The molecular formula is C19H24N2O2S. The molecule has 1 fully saturated rings. The Hall–Kier alpha value is -2.01. The molecule has 2 aromatic rings. The first kappa shape index (κ1) is 16.8. The third-order valence-corrected chi connectivity index (χ3v) is 4.95. The molecule has 3 rings (SSSR count). The van der Waals surface area contributed by atoms with E-state index in [4.69, 9.17) is 4.74 Å². The van der Waals surface area contributed by atoms with Crippen LogP contribution in [-0.4, -0.2) is 23.6 Å². The van der Waals surface area contributed by atoms with Crippen LogP contribution in [0.4, 0.5) is 4.79 Å². The second kappa shape index (κ2) is 7.71. The minimum Gasteiger partial charge on any atom is -0.494 e. The number of urea groups is 1. The highest BCUT2D eigenvalue weighted by Gasteiger charge is 2.33. The fraction of sp³-hybridized carbons (Fsp3) is 0.421. The smallest absolute Gasteiger partial charge is 0.318 e. The third kappa shape index (κ3) is 4.09. The van der Waals surface area contributed by atoms with Crippen LogP contribution in [0.1, 0.15) is 43.9 Å². The first-order chi connectivity index (χ1) is 11.7. The lowest BCUT2D eigenvalue weighted by atomic mass is 10.1. The molecule has 0 bridgehead atoms. The largest absolute Gasteiger partial charge is 0.494 e. The topological polar surface area (TPSA) is 41.6 Å². The summed E-state index contributed by atoms with van der Waals surface area (Å²) in [7, 11) is 0. The Morgan fingerprint density at radius 2 is 2.17 bits per heavy atom. The summed E-state index contributed by atoms with van der Waals surface area (Å²) in [4.78, 5) is 14.7. The number of amides is 2. The number of hydrogen-bond donors (Lipinski definition) is 1. The number of carbonyl (C=O) groups is 1. The van der Waals surface area contributed by atoms with Crippen LogP contribution in [0.3, 0.4) is 0 Å². The molecule has 2 amide bonds. The Morgan fingerprint density at radius 3 is 2.83 bits per heavy atom. The molecule has 1 aromatic heterocycles. The van der Waals surface area contributed by atoms with Crippen molar-refractivity contribution in [2.45, 2.75) is 45.3 Å². The van der Waals surface area contributed by atoms with Crippen LogP contribution in [0.2, 0.25) is 0 Å². The van der Waals surface area contributed by atoms with E-state index in [1.54, 1.807) is 11.3 Å². The van der Waals surface area contributed by atoms with Crippen molar-refractivity contribution in [2.24, 2.45) is 0 Å². The molecule has 0 radical (unpaired) electrons. The van der Waals surface area contributed by atoms with E-state index in [0.29, 0.717) is 19.2 Å². The summed E-state index contributed by atoms with van der Waals surface area (Å²) < 4.78 is 5.70.